The number of nitrogens with zero attached hydrogens (tertiary/aromatic N) is 3. The number of hydrogen-bond donors (Lipinski definition) is 1. The van der Waals surface area contributed by atoms with Crippen LogP contribution in [0.4, 0.5) is 5.95 Å². The van der Waals surface area contributed by atoms with Crippen LogP contribution >= 0.6 is 0 Å². The average molecular weight is 332 g/mol. The second-order valence-electron chi connectivity index (χ2n) is 7.45. The molecule has 6 nitrogen and oxygen atoms in total. The third kappa shape index (κ3) is 3.27. The zero-order chi connectivity index (χ0) is 16.4. The molecule has 1 unspecified atom stereocenters. The highest BCUT2D eigenvalue weighted by atomic mass is 16.5. The molecule has 1 aromatic heterocycles. The van der Waals surface area contributed by atoms with E-state index in [1.807, 2.05) is 19.3 Å². The Morgan fingerprint density at radius 2 is 1.92 bits per heavy atom. The van der Waals surface area contributed by atoms with Crippen molar-refractivity contribution in [1.82, 2.24) is 14.9 Å². The Morgan fingerprint density at radius 1 is 1.17 bits per heavy atom. The van der Waals surface area contributed by atoms with Gasteiger partial charge in [-0.15, -0.1) is 0 Å². The van der Waals surface area contributed by atoms with Crippen molar-refractivity contribution in [3.63, 3.8) is 0 Å². The van der Waals surface area contributed by atoms with E-state index in [0.717, 1.165) is 57.4 Å². The van der Waals surface area contributed by atoms with Gasteiger partial charge in [-0.1, -0.05) is 0 Å². The van der Waals surface area contributed by atoms with E-state index in [-0.39, 0.29) is 5.60 Å². The van der Waals surface area contributed by atoms with Crippen molar-refractivity contribution < 1.29 is 9.47 Å². The summed E-state index contributed by atoms with van der Waals surface area (Å²) in [6.45, 7) is 7.86. The highest BCUT2D eigenvalue weighted by molar-refractivity contribution is 5.24. The number of ether oxygens (including phenoxy) is 2. The zero-order valence-corrected chi connectivity index (χ0v) is 14.5. The van der Waals surface area contributed by atoms with E-state index in [4.69, 9.17) is 9.47 Å². The topological polar surface area (TPSA) is 59.5 Å². The molecule has 0 amide bonds. The van der Waals surface area contributed by atoms with Crippen molar-refractivity contribution in [3.05, 3.63) is 18.0 Å². The summed E-state index contributed by atoms with van der Waals surface area (Å²) in [6.07, 6.45) is 8.36. The molecular formula is C18H28N4O2. The van der Waals surface area contributed by atoms with Gasteiger partial charge in [-0.3, -0.25) is 4.90 Å². The first kappa shape index (κ1) is 16.2. The van der Waals surface area contributed by atoms with Gasteiger partial charge in [0.1, 0.15) is 0 Å². The van der Waals surface area contributed by atoms with Crippen molar-refractivity contribution >= 4 is 5.95 Å². The lowest BCUT2D eigenvalue weighted by Crippen LogP contribution is -2.67. The maximum atomic E-state index is 6.20. The number of aromatic nitrogens is 2. The van der Waals surface area contributed by atoms with Crippen molar-refractivity contribution in [2.45, 2.75) is 44.2 Å². The van der Waals surface area contributed by atoms with Crippen LogP contribution in [0.2, 0.25) is 0 Å². The monoisotopic (exact) mass is 332 g/mol. The summed E-state index contributed by atoms with van der Waals surface area (Å²) in [5, 5.41) is 3.35. The molecule has 3 aliphatic rings. The van der Waals surface area contributed by atoms with Crippen LogP contribution < -0.4 is 5.32 Å². The summed E-state index contributed by atoms with van der Waals surface area (Å²) in [4.78, 5) is 11.2. The third-order valence-electron chi connectivity index (χ3n) is 5.81. The van der Waals surface area contributed by atoms with Crippen molar-refractivity contribution in [2.75, 3.05) is 44.8 Å². The molecule has 132 valence electrons. The number of likely N-dealkylation sites (tertiary alicyclic amines) is 1. The molecule has 6 heteroatoms. The van der Waals surface area contributed by atoms with Crippen LogP contribution in [-0.4, -0.2) is 66.0 Å². The second kappa shape index (κ2) is 6.94. The van der Waals surface area contributed by atoms with Crippen molar-refractivity contribution in [3.8, 4) is 0 Å². The molecule has 1 spiro atoms. The molecule has 24 heavy (non-hydrogen) atoms. The van der Waals surface area contributed by atoms with Gasteiger partial charge in [-0.25, -0.2) is 9.97 Å². The number of hydrogen-bond acceptors (Lipinski definition) is 6. The van der Waals surface area contributed by atoms with E-state index in [2.05, 4.69) is 20.2 Å². The Bertz CT molecular complexity index is 538. The molecule has 3 fully saturated rings. The molecule has 0 bridgehead atoms. The van der Waals surface area contributed by atoms with Crippen LogP contribution in [0.25, 0.3) is 0 Å². The molecule has 0 aromatic carbocycles. The Hall–Kier alpha value is -1.24. The van der Waals surface area contributed by atoms with Gasteiger partial charge in [0.05, 0.1) is 5.60 Å². The van der Waals surface area contributed by atoms with Gasteiger partial charge in [-0.05, 0) is 44.1 Å². The molecule has 3 aliphatic heterocycles. The van der Waals surface area contributed by atoms with Crippen molar-refractivity contribution in [2.24, 2.45) is 5.92 Å². The van der Waals surface area contributed by atoms with Gasteiger partial charge < -0.3 is 14.8 Å². The maximum Gasteiger partial charge on any atom is 0.222 e. The third-order valence-corrected chi connectivity index (χ3v) is 5.81. The minimum atomic E-state index is 0.105. The van der Waals surface area contributed by atoms with Crippen molar-refractivity contribution in [1.29, 1.82) is 0 Å². The zero-order valence-electron chi connectivity index (χ0n) is 14.5. The first-order chi connectivity index (χ1) is 11.8. The lowest BCUT2D eigenvalue weighted by Gasteiger charge is -2.54. The fourth-order valence-corrected chi connectivity index (χ4v) is 4.33. The maximum absolute atomic E-state index is 6.20. The fraction of sp³-hybridized carbons (Fsp3) is 0.778. The molecule has 3 saturated heterocycles. The molecular weight excluding hydrogens is 304 g/mol. The number of rotatable bonds is 5. The van der Waals surface area contributed by atoms with Gasteiger partial charge in [0.25, 0.3) is 0 Å². The summed E-state index contributed by atoms with van der Waals surface area (Å²) in [7, 11) is 0. The van der Waals surface area contributed by atoms with Crippen LogP contribution in [0.1, 0.15) is 31.2 Å². The molecule has 4 heterocycles. The number of aryl methyl sites for hydroxylation is 1. The van der Waals surface area contributed by atoms with Crippen LogP contribution in [0, 0.1) is 12.8 Å². The second-order valence-corrected chi connectivity index (χ2v) is 7.45. The minimum absolute atomic E-state index is 0.105. The number of nitrogens with one attached hydrogen (secondary N) is 1. The molecule has 0 aliphatic carbocycles. The summed E-state index contributed by atoms with van der Waals surface area (Å²) >= 11 is 0. The quantitative estimate of drug-likeness (QED) is 0.888. The highest BCUT2D eigenvalue weighted by Crippen LogP contribution is 2.43. The summed E-state index contributed by atoms with van der Waals surface area (Å²) in [6, 6.07) is 0.702. The first-order valence-electron chi connectivity index (χ1n) is 9.23. The molecule has 1 atom stereocenters. The highest BCUT2D eigenvalue weighted by Gasteiger charge is 2.53. The number of anilines is 1. The molecule has 1 aromatic rings. The van der Waals surface area contributed by atoms with E-state index in [9.17, 15) is 0 Å². The summed E-state index contributed by atoms with van der Waals surface area (Å²) < 4.78 is 11.7. The largest absolute Gasteiger partial charge is 0.381 e. The first-order valence-corrected chi connectivity index (χ1v) is 9.23. The molecule has 1 N–H and O–H groups in total. The van der Waals surface area contributed by atoms with Gasteiger partial charge in [0.2, 0.25) is 5.95 Å². The molecule has 0 radical (unpaired) electrons. The SMILES string of the molecule is Cc1cnc(NCCC2CCOC23CN(C2CCOCC2)C3)nc1. The Kier molecular flexibility index (Phi) is 4.70. The van der Waals surface area contributed by atoms with Gasteiger partial charge in [0, 0.05) is 57.9 Å². The Morgan fingerprint density at radius 3 is 2.67 bits per heavy atom. The van der Waals surface area contributed by atoms with Crippen LogP contribution in [0.5, 0.6) is 0 Å². The van der Waals surface area contributed by atoms with Crippen LogP contribution in [-0.2, 0) is 9.47 Å². The Balaban J connectivity index is 1.26. The van der Waals surface area contributed by atoms with Gasteiger partial charge in [-0.2, -0.15) is 0 Å². The lowest BCUT2D eigenvalue weighted by molar-refractivity contribution is -0.156. The van der Waals surface area contributed by atoms with E-state index < -0.39 is 0 Å². The summed E-state index contributed by atoms with van der Waals surface area (Å²) in [5.74, 6) is 1.37. The van der Waals surface area contributed by atoms with Crippen LogP contribution in [0.15, 0.2) is 12.4 Å². The van der Waals surface area contributed by atoms with E-state index in [0.29, 0.717) is 12.0 Å². The molecule has 4 rings (SSSR count). The lowest BCUT2D eigenvalue weighted by atomic mass is 9.77. The van der Waals surface area contributed by atoms with E-state index in [1.54, 1.807) is 0 Å². The standard InChI is InChI=1S/C18H28N4O2/c1-14-10-20-17(21-11-14)19-6-2-15-3-9-24-18(15)12-22(13-18)16-4-7-23-8-5-16/h10-11,15-16H,2-9,12-13H2,1H3,(H,19,20,21). The predicted octanol–water partition coefficient (Wildman–Crippen LogP) is 1.86. The fourth-order valence-electron chi connectivity index (χ4n) is 4.33. The minimum Gasteiger partial charge on any atom is -0.381 e. The van der Waals surface area contributed by atoms with E-state index >= 15 is 0 Å². The summed E-state index contributed by atoms with van der Waals surface area (Å²) in [5.41, 5.74) is 1.19. The smallest absolute Gasteiger partial charge is 0.222 e. The van der Waals surface area contributed by atoms with E-state index in [1.165, 1.54) is 19.3 Å². The van der Waals surface area contributed by atoms with Crippen LogP contribution in [0.3, 0.4) is 0 Å². The normalized spacial score (nSPS) is 27.3. The van der Waals surface area contributed by atoms with Gasteiger partial charge >= 0.3 is 0 Å². The predicted molar refractivity (Wildman–Crippen MR) is 92.1 cm³/mol. The van der Waals surface area contributed by atoms with Gasteiger partial charge in [0.15, 0.2) is 0 Å². The molecule has 0 saturated carbocycles. The average Bonchev–Trinajstić information content (AvgIpc) is 3.00. The Labute approximate surface area is 143 Å².